The van der Waals surface area contributed by atoms with Crippen LogP contribution in [-0.2, 0) is 6.42 Å². The van der Waals surface area contributed by atoms with Gasteiger partial charge < -0.3 is 5.73 Å². The molecule has 2 nitrogen and oxygen atoms in total. The van der Waals surface area contributed by atoms with Crippen LogP contribution in [0, 0.1) is 0 Å². The normalized spacial score (nSPS) is 12.8. The summed E-state index contributed by atoms with van der Waals surface area (Å²) in [7, 11) is 0. The van der Waals surface area contributed by atoms with Crippen molar-refractivity contribution in [1.29, 1.82) is 0 Å². The van der Waals surface area contributed by atoms with Gasteiger partial charge in [0.1, 0.15) is 0 Å². The van der Waals surface area contributed by atoms with Crippen molar-refractivity contribution in [3.05, 3.63) is 42.1 Å². The van der Waals surface area contributed by atoms with Gasteiger partial charge in [-0.25, -0.2) is 0 Å². The summed E-state index contributed by atoms with van der Waals surface area (Å²) in [6, 6.07) is 10.6. The van der Waals surface area contributed by atoms with E-state index in [9.17, 15) is 0 Å². The van der Waals surface area contributed by atoms with Crippen LogP contribution in [0.15, 0.2) is 36.5 Å². The number of hydrogen-bond donors (Lipinski definition) is 1. The minimum atomic E-state index is 0.265. The lowest BCUT2D eigenvalue weighted by Gasteiger charge is -2.12. The fraction of sp³-hybridized carbons (Fsp3) is 0.400. The van der Waals surface area contributed by atoms with Gasteiger partial charge in [0.05, 0.1) is 5.52 Å². The Labute approximate surface area is 103 Å². The molecule has 0 aliphatic carbocycles. The standard InChI is InChI=1S/C15H20N2/c1-2-3-6-13(16)11-12-9-10-17-15-8-5-4-7-14(12)15/h4-5,7-10,13H,2-3,6,11,16H2,1H3. The van der Waals surface area contributed by atoms with Crippen LogP contribution in [0.3, 0.4) is 0 Å². The first-order valence-electron chi connectivity index (χ1n) is 6.39. The molecule has 1 aromatic heterocycles. The molecule has 1 atom stereocenters. The third kappa shape index (κ3) is 3.04. The van der Waals surface area contributed by atoms with E-state index in [2.05, 4.69) is 36.2 Å². The van der Waals surface area contributed by atoms with E-state index >= 15 is 0 Å². The molecule has 17 heavy (non-hydrogen) atoms. The first kappa shape index (κ1) is 12.1. The number of rotatable bonds is 5. The highest BCUT2D eigenvalue weighted by molar-refractivity contribution is 5.81. The van der Waals surface area contributed by atoms with Gasteiger partial charge in [0, 0.05) is 17.6 Å². The maximum atomic E-state index is 6.16. The van der Waals surface area contributed by atoms with Crippen LogP contribution in [0.1, 0.15) is 31.7 Å². The maximum Gasteiger partial charge on any atom is 0.0704 e. The fourth-order valence-electron chi connectivity index (χ4n) is 2.18. The number of fused-ring (bicyclic) bond motifs is 1. The Morgan fingerprint density at radius 1 is 1.24 bits per heavy atom. The van der Waals surface area contributed by atoms with Gasteiger partial charge in [-0.1, -0.05) is 38.0 Å². The van der Waals surface area contributed by atoms with E-state index in [0.717, 1.165) is 18.4 Å². The summed E-state index contributed by atoms with van der Waals surface area (Å²) >= 11 is 0. The molecule has 0 saturated heterocycles. The largest absolute Gasteiger partial charge is 0.327 e. The lowest BCUT2D eigenvalue weighted by atomic mass is 9.99. The molecule has 2 heteroatoms. The van der Waals surface area contributed by atoms with Crippen molar-refractivity contribution in [2.24, 2.45) is 5.73 Å². The number of aromatic nitrogens is 1. The van der Waals surface area contributed by atoms with E-state index in [-0.39, 0.29) is 6.04 Å². The van der Waals surface area contributed by atoms with Gasteiger partial charge in [-0.15, -0.1) is 0 Å². The van der Waals surface area contributed by atoms with E-state index in [0.29, 0.717) is 0 Å². The van der Waals surface area contributed by atoms with Crippen molar-refractivity contribution in [1.82, 2.24) is 4.98 Å². The average molecular weight is 228 g/mol. The van der Waals surface area contributed by atoms with Gasteiger partial charge in [-0.2, -0.15) is 0 Å². The van der Waals surface area contributed by atoms with Crippen molar-refractivity contribution in [3.63, 3.8) is 0 Å². The van der Waals surface area contributed by atoms with Gasteiger partial charge in [0.2, 0.25) is 0 Å². The Balaban J connectivity index is 2.18. The molecule has 0 radical (unpaired) electrons. The minimum absolute atomic E-state index is 0.265. The summed E-state index contributed by atoms with van der Waals surface area (Å²) in [5.41, 5.74) is 8.54. The molecule has 0 amide bonds. The third-order valence-corrected chi connectivity index (χ3v) is 3.15. The van der Waals surface area contributed by atoms with E-state index in [1.165, 1.54) is 23.8 Å². The van der Waals surface area contributed by atoms with Crippen LogP contribution in [0.2, 0.25) is 0 Å². The van der Waals surface area contributed by atoms with Gasteiger partial charge >= 0.3 is 0 Å². The Hall–Kier alpha value is -1.41. The summed E-state index contributed by atoms with van der Waals surface area (Å²) in [5, 5.41) is 1.24. The highest BCUT2D eigenvalue weighted by atomic mass is 14.7. The van der Waals surface area contributed by atoms with Gasteiger partial charge in [0.15, 0.2) is 0 Å². The summed E-state index contributed by atoms with van der Waals surface area (Å²) in [5.74, 6) is 0. The van der Waals surface area contributed by atoms with Crippen molar-refractivity contribution >= 4 is 10.9 Å². The molecule has 0 bridgehead atoms. The quantitative estimate of drug-likeness (QED) is 0.852. The van der Waals surface area contributed by atoms with Crippen molar-refractivity contribution < 1.29 is 0 Å². The molecule has 2 aromatic rings. The van der Waals surface area contributed by atoms with E-state index in [1.54, 1.807) is 0 Å². The first-order chi connectivity index (χ1) is 8.31. The average Bonchev–Trinajstić information content (AvgIpc) is 2.37. The maximum absolute atomic E-state index is 6.16. The highest BCUT2D eigenvalue weighted by Crippen LogP contribution is 2.18. The number of nitrogens with zero attached hydrogens (tertiary/aromatic N) is 1. The predicted molar refractivity (Wildman–Crippen MR) is 72.9 cm³/mol. The van der Waals surface area contributed by atoms with Crippen LogP contribution in [-0.4, -0.2) is 11.0 Å². The molecule has 0 spiro atoms. The number of nitrogens with two attached hydrogens (primary N) is 1. The minimum Gasteiger partial charge on any atom is -0.327 e. The van der Waals surface area contributed by atoms with Crippen LogP contribution in [0.25, 0.3) is 10.9 Å². The predicted octanol–water partition coefficient (Wildman–Crippen LogP) is 3.29. The topological polar surface area (TPSA) is 38.9 Å². The smallest absolute Gasteiger partial charge is 0.0704 e. The summed E-state index contributed by atoms with van der Waals surface area (Å²) in [6.45, 7) is 2.20. The van der Waals surface area contributed by atoms with E-state index in [4.69, 9.17) is 5.73 Å². The second-order valence-electron chi connectivity index (χ2n) is 4.59. The molecule has 2 rings (SSSR count). The molecule has 0 aliphatic heterocycles. The molecular weight excluding hydrogens is 208 g/mol. The van der Waals surface area contributed by atoms with Gasteiger partial charge in [-0.3, -0.25) is 4.98 Å². The van der Waals surface area contributed by atoms with Crippen molar-refractivity contribution in [3.8, 4) is 0 Å². The Morgan fingerprint density at radius 2 is 2.06 bits per heavy atom. The van der Waals surface area contributed by atoms with E-state index < -0.39 is 0 Å². The Kier molecular flexibility index (Phi) is 4.10. The number of benzene rings is 1. The molecule has 90 valence electrons. The van der Waals surface area contributed by atoms with Gasteiger partial charge in [0.25, 0.3) is 0 Å². The second kappa shape index (κ2) is 5.78. The van der Waals surface area contributed by atoms with Crippen LogP contribution in [0.5, 0.6) is 0 Å². The molecule has 1 aromatic carbocycles. The number of pyridine rings is 1. The Bertz CT molecular complexity index is 474. The van der Waals surface area contributed by atoms with Crippen LogP contribution < -0.4 is 5.73 Å². The molecule has 1 unspecified atom stereocenters. The number of para-hydroxylation sites is 1. The molecule has 0 aliphatic rings. The summed E-state index contributed by atoms with van der Waals surface area (Å²) in [6.07, 6.45) is 6.36. The zero-order chi connectivity index (χ0) is 12.1. The molecule has 1 heterocycles. The highest BCUT2D eigenvalue weighted by Gasteiger charge is 2.06. The number of unbranched alkanes of at least 4 members (excludes halogenated alkanes) is 1. The second-order valence-corrected chi connectivity index (χ2v) is 4.59. The lowest BCUT2D eigenvalue weighted by Crippen LogP contribution is -2.22. The summed E-state index contributed by atoms with van der Waals surface area (Å²) in [4.78, 5) is 4.37. The molecule has 2 N–H and O–H groups in total. The SMILES string of the molecule is CCCCC(N)Cc1ccnc2ccccc12. The molecule has 0 saturated carbocycles. The lowest BCUT2D eigenvalue weighted by molar-refractivity contribution is 0.575. The number of hydrogen-bond acceptors (Lipinski definition) is 2. The van der Waals surface area contributed by atoms with Gasteiger partial charge in [-0.05, 0) is 30.5 Å². The van der Waals surface area contributed by atoms with Crippen molar-refractivity contribution in [2.45, 2.75) is 38.6 Å². The van der Waals surface area contributed by atoms with Crippen molar-refractivity contribution in [2.75, 3.05) is 0 Å². The summed E-state index contributed by atoms with van der Waals surface area (Å²) < 4.78 is 0. The molecule has 0 fully saturated rings. The zero-order valence-corrected chi connectivity index (χ0v) is 10.4. The molecular formula is C15H20N2. The third-order valence-electron chi connectivity index (χ3n) is 3.15. The van der Waals surface area contributed by atoms with Crippen LogP contribution >= 0.6 is 0 Å². The monoisotopic (exact) mass is 228 g/mol. The Morgan fingerprint density at radius 3 is 2.88 bits per heavy atom. The first-order valence-corrected chi connectivity index (χ1v) is 6.39. The fourth-order valence-corrected chi connectivity index (χ4v) is 2.18. The van der Waals surface area contributed by atoms with Crippen LogP contribution in [0.4, 0.5) is 0 Å². The van der Waals surface area contributed by atoms with E-state index in [1.807, 2.05) is 12.3 Å². The zero-order valence-electron chi connectivity index (χ0n) is 10.4.